The van der Waals surface area contributed by atoms with E-state index < -0.39 is 11.6 Å². The lowest BCUT2D eigenvalue weighted by Gasteiger charge is -2.21. The van der Waals surface area contributed by atoms with Crippen molar-refractivity contribution in [3.05, 3.63) is 12.2 Å². The lowest BCUT2D eigenvalue weighted by Crippen LogP contribution is -2.21. The van der Waals surface area contributed by atoms with Crippen LogP contribution in [0.25, 0.3) is 0 Å². The van der Waals surface area contributed by atoms with E-state index in [0.29, 0.717) is 12.2 Å². The highest BCUT2D eigenvalue weighted by molar-refractivity contribution is 5.83. The molecule has 0 aromatic heterocycles. The molecule has 1 unspecified atom stereocenters. The van der Waals surface area contributed by atoms with Gasteiger partial charge in [0.15, 0.2) is 0 Å². The van der Waals surface area contributed by atoms with Crippen molar-refractivity contribution in [2.45, 2.75) is 96.5 Å². The van der Waals surface area contributed by atoms with Crippen molar-refractivity contribution >= 4 is 11.8 Å². The number of Topliss-reactive ketones (excluding diaryl/α,β-unsaturated/α-hetero) is 1. The number of aliphatic carboxylic acids is 1. The summed E-state index contributed by atoms with van der Waals surface area (Å²) in [5.74, 6) is -0.0423. The van der Waals surface area contributed by atoms with Gasteiger partial charge in [-0.15, -0.1) is 0 Å². The van der Waals surface area contributed by atoms with Crippen LogP contribution in [0.2, 0.25) is 0 Å². The number of allylic oxidation sites excluding steroid dienone is 1. The summed E-state index contributed by atoms with van der Waals surface area (Å²) in [6.45, 7) is 4.01. The van der Waals surface area contributed by atoms with Crippen molar-refractivity contribution in [1.82, 2.24) is 0 Å². The highest BCUT2D eigenvalue weighted by Gasteiger charge is 2.32. The molecular weight excluding hydrogens is 316 g/mol. The van der Waals surface area contributed by atoms with Crippen LogP contribution in [0.15, 0.2) is 12.2 Å². The molecule has 1 saturated carbocycles. The highest BCUT2D eigenvalue weighted by atomic mass is 16.4. The van der Waals surface area contributed by atoms with Gasteiger partial charge in [-0.1, -0.05) is 57.6 Å². The van der Waals surface area contributed by atoms with Crippen molar-refractivity contribution < 1.29 is 19.8 Å². The lowest BCUT2D eigenvalue weighted by molar-refractivity contribution is -0.137. The number of carboxylic acid groups (broad SMARTS) is 1. The third-order valence-corrected chi connectivity index (χ3v) is 5.30. The van der Waals surface area contributed by atoms with Gasteiger partial charge >= 0.3 is 5.97 Å². The Hall–Kier alpha value is -1.16. The molecule has 2 N–H and O–H groups in total. The van der Waals surface area contributed by atoms with Crippen molar-refractivity contribution in [3.63, 3.8) is 0 Å². The van der Waals surface area contributed by atoms with Gasteiger partial charge in [-0.3, -0.25) is 9.59 Å². The quantitative estimate of drug-likeness (QED) is 0.365. The number of rotatable bonds is 13. The molecule has 144 valence electrons. The molecule has 0 amide bonds. The number of aliphatic hydroxyl groups is 1. The second-order valence-corrected chi connectivity index (χ2v) is 7.80. The van der Waals surface area contributed by atoms with Gasteiger partial charge < -0.3 is 10.2 Å². The van der Waals surface area contributed by atoms with Crippen LogP contribution in [-0.2, 0) is 9.59 Å². The van der Waals surface area contributed by atoms with Crippen LogP contribution in [0.5, 0.6) is 0 Å². The highest BCUT2D eigenvalue weighted by Crippen LogP contribution is 2.34. The van der Waals surface area contributed by atoms with E-state index in [1.165, 1.54) is 0 Å². The van der Waals surface area contributed by atoms with Gasteiger partial charge in [0.05, 0.1) is 5.60 Å². The predicted octanol–water partition coefficient (Wildman–Crippen LogP) is 4.89. The molecule has 0 heterocycles. The van der Waals surface area contributed by atoms with E-state index in [2.05, 4.69) is 13.0 Å². The molecule has 0 saturated heterocycles. The first-order valence-corrected chi connectivity index (χ1v) is 10.0. The fourth-order valence-corrected chi connectivity index (χ4v) is 3.68. The maximum absolute atomic E-state index is 12.2. The Morgan fingerprint density at radius 2 is 1.92 bits per heavy atom. The summed E-state index contributed by atoms with van der Waals surface area (Å²) in [7, 11) is 0. The maximum Gasteiger partial charge on any atom is 0.303 e. The van der Waals surface area contributed by atoms with Crippen LogP contribution in [0.3, 0.4) is 0 Å². The van der Waals surface area contributed by atoms with Crippen molar-refractivity contribution in [2.75, 3.05) is 0 Å². The van der Waals surface area contributed by atoms with E-state index in [1.54, 1.807) is 0 Å². The number of ketones is 1. The van der Waals surface area contributed by atoms with Crippen LogP contribution >= 0.6 is 0 Å². The molecule has 4 heteroatoms. The summed E-state index contributed by atoms with van der Waals surface area (Å²) in [5.41, 5.74) is -0.776. The lowest BCUT2D eigenvalue weighted by atomic mass is 9.87. The zero-order valence-electron chi connectivity index (χ0n) is 16.0. The van der Waals surface area contributed by atoms with Crippen molar-refractivity contribution in [1.29, 1.82) is 0 Å². The second-order valence-electron chi connectivity index (χ2n) is 7.80. The smallest absolute Gasteiger partial charge is 0.303 e. The molecule has 0 aromatic rings. The Bertz CT molecular complexity index is 439. The zero-order valence-corrected chi connectivity index (χ0v) is 16.0. The fourth-order valence-electron chi connectivity index (χ4n) is 3.68. The molecular formula is C21H36O4. The van der Waals surface area contributed by atoms with Crippen LogP contribution in [-0.4, -0.2) is 27.6 Å². The average molecular weight is 353 g/mol. The SMILES string of the molecule is CCCCC[C@](C)(O)/C=C/C1CCC(=O)[C@@H]1CCCCCCC(=O)O. The third kappa shape index (κ3) is 9.20. The maximum atomic E-state index is 12.2. The van der Waals surface area contributed by atoms with E-state index >= 15 is 0 Å². The largest absolute Gasteiger partial charge is 0.481 e. The topological polar surface area (TPSA) is 74.6 Å². The van der Waals surface area contributed by atoms with Crippen molar-refractivity contribution in [3.8, 4) is 0 Å². The molecule has 3 atom stereocenters. The van der Waals surface area contributed by atoms with Gasteiger partial charge in [-0.05, 0) is 38.5 Å². The van der Waals surface area contributed by atoms with E-state index in [-0.39, 0.29) is 18.3 Å². The molecule has 0 radical (unpaired) electrons. The Kier molecular flexibility index (Phi) is 10.0. The van der Waals surface area contributed by atoms with Gasteiger partial charge in [-0.2, -0.15) is 0 Å². The molecule has 1 fully saturated rings. The molecule has 1 aliphatic rings. The molecule has 4 nitrogen and oxygen atoms in total. The fraction of sp³-hybridized carbons (Fsp3) is 0.810. The van der Waals surface area contributed by atoms with E-state index in [9.17, 15) is 14.7 Å². The van der Waals surface area contributed by atoms with Gasteiger partial charge in [0.1, 0.15) is 5.78 Å². The number of hydrogen-bond donors (Lipinski definition) is 2. The summed E-state index contributed by atoms with van der Waals surface area (Å²) in [5, 5.41) is 19.1. The standard InChI is InChI=1S/C21H36O4/c1-3-4-9-15-21(2,25)16-14-17-12-13-19(22)18(17)10-7-5-6-8-11-20(23)24/h14,16-18,25H,3-13,15H2,1-2H3,(H,23,24)/b16-14+/t17?,18-,21+/m1/s1. The summed E-state index contributed by atoms with van der Waals surface area (Å²) < 4.78 is 0. The number of hydrogen-bond acceptors (Lipinski definition) is 3. The number of carboxylic acids is 1. The minimum Gasteiger partial charge on any atom is -0.481 e. The third-order valence-electron chi connectivity index (χ3n) is 5.30. The normalized spacial score (nSPS) is 23.2. The Balaban J connectivity index is 2.38. The number of carbonyl (C=O) groups excluding carboxylic acids is 1. The first kappa shape index (κ1) is 21.9. The van der Waals surface area contributed by atoms with Crippen LogP contribution in [0.1, 0.15) is 90.9 Å². The Labute approximate surface area is 152 Å². The molecule has 0 bridgehead atoms. The van der Waals surface area contributed by atoms with Crippen LogP contribution < -0.4 is 0 Å². The van der Waals surface area contributed by atoms with E-state index in [0.717, 1.165) is 64.2 Å². The monoisotopic (exact) mass is 352 g/mol. The summed E-state index contributed by atoms with van der Waals surface area (Å²) in [6.07, 6.45) is 14.3. The minimum atomic E-state index is -0.776. The number of unbranched alkanes of at least 4 members (excludes halogenated alkanes) is 5. The van der Waals surface area contributed by atoms with Crippen molar-refractivity contribution in [2.24, 2.45) is 11.8 Å². The van der Waals surface area contributed by atoms with Gasteiger partial charge in [-0.25, -0.2) is 0 Å². The Morgan fingerprint density at radius 3 is 2.60 bits per heavy atom. The number of carbonyl (C=O) groups is 2. The van der Waals surface area contributed by atoms with Crippen LogP contribution in [0, 0.1) is 11.8 Å². The molecule has 1 rings (SSSR count). The average Bonchev–Trinajstić information content (AvgIpc) is 2.89. The molecule has 0 aromatic carbocycles. The van der Waals surface area contributed by atoms with Gasteiger partial charge in [0, 0.05) is 18.8 Å². The summed E-state index contributed by atoms with van der Waals surface area (Å²) in [4.78, 5) is 22.6. The molecule has 25 heavy (non-hydrogen) atoms. The Morgan fingerprint density at radius 1 is 1.20 bits per heavy atom. The van der Waals surface area contributed by atoms with Gasteiger partial charge in [0.2, 0.25) is 0 Å². The zero-order chi connectivity index (χ0) is 18.7. The van der Waals surface area contributed by atoms with Gasteiger partial charge in [0.25, 0.3) is 0 Å². The first-order chi connectivity index (χ1) is 11.9. The first-order valence-electron chi connectivity index (χ1n) is 10.0. The second kappa shape index (κ2) is 11.5. The van der Waals surface area contributed by atoms with Crippen LogP contribution in [0.4, 0.5) is 0 Å². The summed E-state index contributed by atoms with van der Waals surface area (Å²) >= 11 is 0. The molecule has 0 spiro atoms. The predicted molar refractivity (Wildman–Crippen MR) is 100 cm³/mol. The molecule has 1 aliphatic carbocycles. The minimum absolute atomic E-state index is 0.0853. The molecule has 0 aliphatic heterocycles. The van der Waals surface area contributed by atoms with E-state index in [4.69, 9.17) is 5.11 Å². The summed E-state index contributed by atoms with van der Waals surface area (Å²) in [6, 6.07) is 0. The van der Waals surface area contributed by atoms with E-state index in [1.807, 2.05) is 13.0 Å².